The van der Waals surface area contributed by atoms with Crippen LogP contribution in [0.1, 0.15) is 50.8 Å². The van der Waals surface area contributed by atoms with Gasteiger partial charge in [-0.2, -0.15) is 0 Å². The summed E-state index contributed by atoms with van der Waals surface area (Å²) in [6, 6.07) is 3.45. The van der Waals surface area contributed by atoms with E-state index in [1.807, 2.05) is 19.9 Å². The van der Waals surface area contributed by atoms with Crippen molar-refractivity contribution in [3.8, 4) is 0 Å². The van der Waals surface area contributed by atoms with E-state index in [0.29, 0.717) is 36.1 Å². The molecular weight excluding hydrogens is 394 g/mol. The molecule has 0 atom stereocenters. The van der Waals surface area contributed by atoms with Gasteiger partial charge in [-0.05, 0) is 37.3 Å². The highest BCUT2D eigenvalue weighted by atomic mass is 35.5. The first-order valence-electron chi connectivity index (χ1n) is 8.86. The third-order valence-electron chi connectivity index (χ3n) is 4.49. The van der Waals surface area contributed by atoms with Crippen LogP contribution >= 0.6 is 23.7 Å². The third kappa shape index (κ3) is 6.49. The molecule has 1 aliphatic rings. The summed E-state index contributed by atoms with van der Waals surface area (Å²) in [5.74, 6) is 0.363. The van der Waals surface area contributed by atoms with Gasteiger partial charge in [-0.25, -0.2) is 13.1 Å². The number of hydrogen-bond acceptors (Lipinski definition) is 5. The van der Waals surface area contributed by atoms with Gasteiger partial charge in [0.25, 0.3) is 10.0 Å². The molecular formula is C17H30ClN3O3S2. The van der Waals surface area contributed by atoms with Crippen molar-refractivity contribution in [2.45, 2.75) is 62.1 Å². The molecule has 6 nitrogen and oxygen atoms in total. The van der Waals surface area contributed by atoms with Crippen molar-refractivity contribution in [3.63, 3.8) is 0 Å². The van der Waals surface area contributed by atoms with E-state index in [1.54, 1.807) is 6.07 Å². The van der Waals surface area contributed by atoms with Crippen LogP contribution in [0, 0.1) is 5.92 Å². The zero-order valence-electron chi connectivity index (χ0n) is 15.4. The zero-order valence-corrected chi connectivity index (χ0v) is 17.9. The van der Waals surface area contributed by atoms with Gasteiger partial charge in [0.15, 0.2) is 0 Å². The van der Waals surface area contributed by atoms with E-state index < -0.39 is 15.6 Å². The van der Waals surface area contributed by atoms with Gasteiger partial charge < -0.3 is 11.1 Å². The predicted molar refractivity (Wildman–Crippen MR) is 108 cm³/mol. The van der Waals surface area contributed by atoms with Crippen LogP contribution in [0.5, 0.6) is 0 Å². The summed E-state index contributed by atoms with van der Waals surface area (Å²) in [5, 5.41) is 2.87. The standard InChI is InChI=1S/C17H29N3O3S2.ClH/c1-13(2)11-15(21)19-10-7-14-5-6-16(24-14)25(22,23)20-17(12-18)8-3-4-9-17;/h5-6,13,20H,3-4,7-12,18H2,1-2H3,(H,19,21);1H. The van der Waals surface area contributed by atoms with Crippen LogP contribution in [0.3, 0.4) is 0 Å². The Kier molecular flexibility index (Phi) is 9.02. The van der Waals surface area contributed by atoms with E-state index in [0.717, 1.165) is 30.6 Å². The topological polar surface area (TPSA) is 101 Å². The summed E-state index contributed by atoms with van der Waals surface area (Å²) in [6.07, 6.45) is 4.74. The molecule has 0 aromatic carbocycles. The SMILES string of the molecule is CC(C)CC(=O)NCCc1ccc(S(=O)(=O)NC2(CN)CCCC2)s1.Cl. The fourth-order valence-electron chi connectivity index (χ4n) is 3.14. The van der Waals surface area contributed by atoms with Crippen molar-refractivity contribution < 1.29 is 13.2 Å². The van der Waals surface area contributed by atoms with Crippen LogP contribution in [0.4, 0.5) is 0 Å². The largest absolute Gasteiger partial charge is 0.356 e. The summed E-state index contributed by atoms with van der Waals surface area (Å²) in [6.45, 7) is 4.85. The van der Waals surface area contributed by atoms with Crippen LogP contribution in [0.2, 0.25) is 0 Å². The van der Waals surface area contributed by atoms with Crippen LogP contribution in [0.25, 0.3) is 0 Å². The van der Waals surface area contributed by atoms with Gasteiger partial charge in [-0.1, -0.05) is 26.7 Å². The smallest absolute Gasteiger partial charge is 0.250 e. The van der Waals surface area contributed by atoms with Crippen LogP contribution in [-0.2, 0) is 21.2 Å². The van der Waals surface area contributed by atoms with Crippen LogP contribution in [-0.4, -0.2) is 33.0 Å². The minimum atomic E-state index is -3.55. The second-order valence-corrected chi connectivity index (χ2v) is 10.3. The Morgan fingerprint density at radius 1 is 1.31 bits per heavy atom. The van der Waals surface area contributed by atoms with Gasteiger partial charge in [-0.15, -0.1) is 23.7 Å². The number of thiophene rings is 1. The zero-order chi connectivity index (χ0) is 18.5. The molecule has 150 valence electrons. The molecule has 0 bridgehead atoms. The molecule has 0 radical (unpaired) electrons. The Labute approximate surface area is 166 Å². The Hall–Kier alpha value is -0.670. The predicted octanol–water partition coefficient (Wildman–Crippen LogP) is 2.42. The molecule has 1 heterocycles. The highest BCUT2D eigenvalue weighted by molar-refractivity contribution is 7.91. The molecule has 1 amide bonds. The van der Waals surface area contributed by atoms with Crippen molar-refractivity contribution in [1.29, 1.82) is 0 Å². The second-order valence-electron chi connectivity index (χ2n) is 7.22. The molecule has 1 aromatic heterocycles. The summed E-state index contributed by atoms with van der Waals surface area (Å²) >= 11 is 1.26. The van der Waals surface area contributed by atoms with E-state index in [2.05, 4.69) is 10.0 Å². The number of nitrogens with two attached hydrogens (primary N) is 1. The van der Waals surface area contributed by atoms with Crippen LogP contribution < -0.4 is 15.8 Å². The summed E-state index contributed by atoms with van der Waals surface area (Å²) < 4.78 is 28.4. The number of rotatable bonds is 9. The number of nitrogens with one attached hydrogen (secondary N) is 2. The van der Waals surface area contributed by atoms with Gasteiger partial charge in [-0.3, -0.25) is 4.79 Å². The molecule has 1 fully saturated rings. The van der Waals surface area contributed by atoms with Crippen molar-refractivity contribution in [2.24, 2.45) is 11.7 Å². The molecule has 0 aliphatic heterocycles. The van der Waals surface area contributed by atoms with Crippen molar-refractivity contribution in [1.82, 2.24) is 10.0 Å². The van der Waals surface area contributed by atoms with E-state index >= 15 is 0 Å². The number of sulfonamides is 1. The molecule has 4 N–H and O–H groups in total. The van der Waals surface area contributed by atoms with Gasteiger partial charge in [0, 0.05) is 29.9 Å². The molecule has 1 saturated carbocycles. The highest BCUT2D eigenvalue weighted by Gasteiger charge is 2.37. The fourth-order valence-corrected chi connectivity index (χ4v) is 5.97. The lowest BCUT2D eigenvalue weighted by molar-refractivity contribution is -0.121. The van der Waals surface area contributed by atoms with Crippen molar-refractivity contribution in [2.75, 3.05) is 13.1 Å². The first-order valence-corrected chi connectivity index (χ1v) is 11.2. The number of amides is 1. The Balaban J connectivity index is 0.00000338. The molecule has 0 spiro atoms. The van der Waals surface area contributed by atoms with Gasteiger partial charge in [0.05, 0.1) is 0 Å². The lowest BCUT2D eigenvalue weighted by Gasteiger charge is -2.27. The minimum absolute atomic E-state index is 0. The third-order valence-corrected chi connectivity index (χ3v) is 7.71. The maximum absolute atomic E-state index is 12.6. The maximum Gasteiger partial charge on any atom is 0.250 e. The van der Waals surface area contributed by atoms with E-state index in [4.69, 9.17) is 5.73 Å². The molecule has 0 saturated heterocycles. The Morgan fingerprint density at radius 3 is 2.54 bits per heavy atom. The number of carbonyl (C=O) groups is 1. The summed E-state index contributed by atoms with van der Waals surface area (Å²) in [5.41, 5.74) is 5.33. The molecule has 1 aliphatic carbocycles. The van der Waals surface area contributed by atoms with Crippen LogP contribution in [0.15, 0.2) is 16.3 Å². The summed E-state index contributed by atoms with van der Waals surface area (Å²) in [7, 11) is -3.55. The number of halogens is 1. The number of carbonyl (C=O) groups excluding carboxylic acids is 1. The first-order chi connectivity index (χ1) is 11.8. The lowest BCUT2D eigenvalue weighted by Crippen LogP contribution is -2.51. The van der Waals surface area contributed by atoms with Crippen molar-refractivity contribution in [3.05, 3.63) is 17.0 Å². The maximum atomic E-state index is 12.6. The number of hydrogen-bond donors (Lipinski definition) is 3. The second kappa shape index (κ2) is 10.0. The fraction of sp³-hybridized carbons (Fsp3) is 0.706. The Morgan fingerprint density at radius 2 is 1.96 bits per heavy atom. The molecule has 9 heteroatoms. The van der Waals surface area contributed by atoms with Gasteiger partial charge in [0.1, 0.15) is 4.21 Å². The molecule has 26 heavy (non-hydrogen) atoms. The lowest BCUT2D eigenvalue weighted by atomic mass is 10.0. The van der Waals surface area contributed by atoms with Gasteiger partial charge in [0.2, 0.25) is 5.91 Å². The molecule has 2 rings (SSSR count). The van der Waals surface area contributed by atoms with Gasteiger partial charge >= 0.3 is 0 Å². The molecule has 1 aromatic rings. The summed E-state index contributed by atoms with van der Waals surface area (Å²) in [4.78, 5) is 12.6. The van der Waals surface area contributed by atoms with Crippen molar-refractivity contribution >= 4 is 39.7 Å². The normalized spacial score (nSPS) is 16.5. The van der Waals surface area contributed by atoms with E-state index in [1.165, 1.54) is 11.3 Å². The van der Waals surface area contributed by atoms with E-state index in [9.17, 15) is 13.2 Å². The highest BCUT2D eigenvalue weighted by Crippen LogP contribution is 2.31. The monoisotopic (exact) mass is 423 g/mol. The average molecular weight is 424 g/mol. The first kappa shape index (κ1) is 23.4. The Bertz CT molecular complexity index is 683. The average Bonchev–Trinajstić information content (AvgIpc) is 3.16. The minimum Gasteiger partial charge on any atom is -0.356 e. The molecule has 0 unspecified atom stereocenters. The van der Waals surface area contributed by atoms with E-state index in [-0.39, 0.29) is 18.3 Å². The quantitative estimate of drug-likeness (QED) is 0.567.